The molecule has 4 rings (SSSR count). The Bertz CT molecular complexity index is 948. The molecule has 1 aromatic heterocycles. The molecule has 1 aliphatic carbocycles. The van der Waals surface area contributed by atoms with Gasteiger partial charge < -0.3 is 4.98 Å². The van der Waals surface area contributed by atoms with Crippen LogP contribution in [0.15, 0.2) is 23.0 Å². The number of aromatic amines is 1. The minimum Gasteiger partial charge on any atom is -0.310 e. The first kappa shape index (κ1) is 20.1. The maximum absolute atomic E-state index is 14.2. The molecule has 2 aliphatic rings. The summed E-state index contributed by atoms with van der Waals surface area (Å²) in [5, 5.41) is 0. The third-order valence-corrected chi connectivity index (χ3v) is 5.97. The minimum absolute atomic E-state index is 0.155. The highest BCUT2D eigenvalue weighted by molar-refractivity contribution is 5.31. The van der Waals surface area contributed by atoms with Crippen molar-refractivity contribution in [3.63, 3.8) is 0 Å². The molecular weight excluding hydrogens is 386 g/mol. The molecule has 0 spiro atoms. The molecule has 1 saturated carbocycles. The molecule has 1 fully saturated rings. The van der Waals surface area contributed by atoms with Crippen molar-refractivity contribution in [3.8, 4) is 0 Å². The van der Waals surface area contributed by atoms with Gasteiger partial charge in [-0.3, -0.25) is 9.69 Å². The van der Waals surface area contributed by atoms with Crippen molar-refractivity contribution in [2.45, 2.75) is 63.7 Å². The van der Waals surface area contributed by atoms with Crippen molar-refractivity contribution in [3.05, 3.63) is 62.6 Å². The molecule has 0 atom stereocenters. The fourth-order valence-corrected chi connectivity index (χ4v) is 4.43. The van der Waals surface area contributed by atoms with E-state index in [9.17, 15) is 22.4 Å². The monoisotopic (exact) mass is 409 g/mol. The van der Waals surface area contributed by atoms with Gasteiger partial charge in [0.15, 0.2) is 0 Å². The molecule has 2 heterocycles. The van der Waals surface area contributed by atoms with Crippen molar-refractivity contribution in [2.75, 3.05) is 6.54 Å². The summed E-state index contributed by atoms with van der Waals surface area (Å²) in [4.78, 5) is 21.8. The van der Waals surface area contributed by atoms with Gasteiger partial charge in [-0.2, -0.15) is 13.2 Å². The van der Waals surface area contributed by atoms with Crippen molar-refractivity contribution in [1.82, 2.24) is 14.9 Å². The molecular formula is C21H23F4N3O. The summed E-state index contributed by atoms with van der Waals surface area (Å²) in [6, 6.07) is 3.03. The first-order valence-corrected chi connectivity index (χ1v) is 10.0. The third kappa shape index (κ3) is 4.22. The van der Waals surface area contributed by atoms with Crippen LogP contribution in [0.25, 0.3) is 0 Å². The van der Waals surface area contributed by atoms with Crippen LogP contribution in [0.2, 0.25) is 0 Å². The topological polar surface area (TPSA) is 49.0 Å². The van der Waals surface area contributed by atoms with Crippen molar-refractivity contribution in [1.29, 1.82) is 0 Å². The van der Waals surface area contributed by atoms with Crippen molar-refractivity contribution >= 4 is 0 Å². The lowest BCUT2D eigenvalue weighted by Gasteiger charge is -2.29. The summed E-state index contributed by atoms with van der Waals surface area (Å²) < 4.78 is 54.1. The van der Waals surface area contributed by atoms with Gasteiger partial charge in [0.05, 0.1) is 11.3 Å². The number of alkyl halides is 3. The van der Waals surface area contributed by atoms with E-state index in [4.69, 9.17) is 0 Å². The van der Waals surface area contributed by atoms with Gasteiger partial charge in [0.25, 0.3) is 5.56 Å². The molecule has 4 nitrogen and oxygen atoms in total. The number of fused-ring (bicyclic) bond motifs is 1. The van der Waals surface area contributed by atoms with Gasteiger partial charge in [0.2, 0.25) is 0 Å². The standard InChI is InChI=1S/C21H23F4N3O/c22-17-8-4-7-16(21(23,24)25)15(17)11-28-10-9-14-18(12-28)26-19(27-20(14)29)13-5-2-1-3-6-13/h4,7-8,13H,1-3,5-6,9-12H2,(H,26,27,29). The van der Waals surface area contributed by atoms with Crippen LogP contribution in [-0.4, -0.2) is 21.4 Å². The van der Waals surface area contributed by atoms with Crippen LogP contribution < -0.4 is 5.56 Å². The number of rotatable bonds is 3. The molecule has 1 aliphatic heterocycles. The van der Waals surface area contributed by atoms with E-state index < -0.39 is 17.6 Å². The zero-order valence-electron chi connectivity index (χ0n) is 16.0. The first-order valence-electron chi connectivity index (χ1n) is 10.0. The molecule has 156 valence electrons. The quantitative estimate of drug-likeness (QED) is 0.758. The van der Waals surface area contributed by atoms with E-state index in [1.165, 1.54) is 6.42 Å². The maximum atomic E-state index is 14.2. The molecule has 0 radical (unpaired) electrons. The molecule has 1 N–H and O–H groups in total. The van der Waals surface area contributed by atoms with Gasteiger partial charge in [-0.15, -0.1) is 0 Å². The lowest BCUT2D eigenvalue weighted by atomic mass is 9.88. The number of hydrogen-bond donors (Lipinski definition) is 1. The Hall–Kier alpha value is -2.22. The van der Waals surface area contributed by atoms with Crippen LogP contribution >= 0.6 is 0 Å². The van der Waals surface area contributed by atoms with Crippen molar-refractivity contribution < 1.29 is 17.6 Å². The molecule has 0 saturated heterocycles. The summed E-state index contributed by atoms with van der Waals surface area (Å²) in [5.41, 5.74) is -0.279. The number of nitrogens with zero attached hydrogens (tertiary/aromatic N) is 2. The van der Waals surface area contributed by atoms with E-state index >= 15 is 0 Å². The third-order valence-electron chi connectivity index (χ3n) is 5.97. The van der Waals surface area contributed by atoms with E-state index in [0.29, 0.717) is 30.0 Å². The molecule has 0 amide bonds. The number of halogens is 4. The van der Waals surface area contributed by atoms with E-state index in [0.717, 1.165) is 43.9 Å². The largest absolute Gasteiger partial charge is 0.416 e. The Labute approximate surface area is 166 Å². The number of benzene rings is 1. The Morgan fingerprint density at radius 2 is 1.93 bits per heavy atom. The highest BCUT2D eigenvalue weighted by Gasteiger charge is 2.35. The smallest absolute Gasteiger partial charge is 0.310 e. The number of hydrogen-bond acceptors (Lipinski definition) is 3. The van der Waals surface area contributed by atoms with E-state index in [2.05, 4.69) is 9.97 Å². The normalized spacial score (nSPS) is 18.6. The van der Waals surface area contributed by atoms with Gasteiger partial charge in [0.1, 0.15) is 11.6 Å². The molecule has 0 unspecified atom stereocenters. The van der Waals surface area contributed by atoms with E-state index in [1.54, 1.807) is 4.90 Å². The molecule has 1 aromatic carbocycles. The lowest BCUT2D eigenvalue weighted by molar-refractivity contribution is -0.138. The summed E-state index contributed by atoms with van der Waals surface area (Å²) in [5.74, 6) is 0.0325. The summed E-state index contributed by atoms with van der Waals surface area (Å²) in [7, 11) is 0. The van der Waals surface area contributed by atoms with Gasteiger partial charge in [-0.05, 0) is 31.4 Å². The summed E-state index contributed by atoms with van der Waals surface area (Å²) >= 11 is 0. The highest BCUT2D eigenvalue weighted by Crippen LogP contribution is 2.34. The molecule has 8 heteroatoms. The fraction of sp³-hybridized carbons (Fsp3) is 0.524. The lowest BCUT2D eigenvalue weighted by Crippen LogP contribution is -2.36. The van der Waals surface area contributed by atoms with Crippen LogP contribution in [0, 0.1) is 5.82 Å². The summed E-state index contributed by atoms with van der Waals surface area (Å²) in [6.07, 6.45) is 1.12. The minimum atomic E-state index is -4.62. The Morgan fingerprint density at radius 1 is 1.17 bits per heavy atom. The molecule has 0 bridgehead atoms. The predicted molar refractivity (Wildman–Crippen MR) is 99.9 cm³/mol. The van der Waals surface area contributed by atoms with E-state index in [-0.39, 0.29) is 30.1 Å². The number of aromatic nitrogens is 2. The average molecular weight is 409 g/mol. The predicted octanol–water partition coefficient (Wildman–Crippen LogP) is 4.53. The molecule has 2 aromatic rings. The van der Waals surface area contributed by atoms with Crippen LogP contribution in [-0.2, 0) is 25.7 Å². The zero-order chi connectivity index (χ0) is 20.6. The van der Waals surface area contributed by atoms with Crippen LogP contribution in [0.5, 0.6) is 0 Å². The highest BCUT2D eigenvalue weighted by atomic mass is 19.4. The fourth-order valence-electron chi connectivity index (χ4n) is 4.43. The first-order chi connectivity index (χ1) is 13.8. The number of nitrogens with one attached hydrogen (secondary N) is 1. The second-order valence-corrected chi connectivity index (χ2v) is 7.94. The van der Waals surface area contributed by atoms with E-state index in [1.807, 2.05) is 0 Å². The van der Waals surface area contributed by atoms with Crippen LogP contribution in [0.4, 0.5) is 17.6 Å². The maximum Gasteiger partial charge on any atom is 0.416 e. The Kier molecular flexibility index (Phi) is 5.46. The zero-order valence-corrected chi connectivity index (χ0v) is 16.0. The Balaban J connectivity index is 1.59. The van der Waals surface area contributed by atoms with Crippen molar-refractivity contribution in [2.24, 2.45) is 0 Å². The van der Waals surface area contributed by atoms with Gasteiger partial charge in [-0.25, -0.2) is 9.37 Å². The van der Waals surface area contributed by atoms with Gasteiger partial charge in [0, 0.05) is 36.7 Å². The van der Waals surface area contributed by atoms with Crippen LogP contribution in [0.3, 0.4) is 0 Å². The van der Waals surface area contributed by atoms with Gasteiger partial charge >= 0.3 is 6.18 Å². The number of H-pyrrole nitrogens is 1. The second-order valence-electron chi connectivity index (χ2n) is 7.94. The average Bonchev–Trinajstić information content (AvgIpc) is 2.69. The molecule has 29 heavy (non-hydrogen) atoms. The van der Waals surface area contributed by atoms with Gasteiger partial charge in [-0.1, -0.05) is 25.3 Å². The van der Waals surface area contributed by atoms with Crippen LogP contribution in [0.1, 0.15) is 66.2 Å². The SMILES string of the molecule is O=c1[nH]c(C2CCCCC2)nc2c1CCN(Cc1c(F)cccc1C(F)(F)F)C2. The summed E-state index contributed by atoms with van der Waals surface area (Å²) in [6.45, 7) is 0.449. The second kappa shape index (κ2) is 7.89. The Morgan fingerprint density at radius 3 is 2.66 bits per heavy atom.